The Morgan fingerprint density at radius 1 is 0.600 bits per heavy atom. The molecule has 10 heteroatoms. The molecule has 10 atom stereocenters. The van der Waals surface area contributed by atoms with Crippen LogP contribution in [0.5, 0.6) is 11.5 Å². The first-order chi connectivity index (χ1) is 28.7. The summed E-state index contributed by atoms with van der Waals surface area (Å²) >= 11 is 0. The van der Waals surface area contributed by atoms with Gasteiger partial charge in [-0.25, -0.2) is 0 Å². The van der Waals surface area contributed by atoms with Crippen molar-refractivity contribution in [3.63, 3.8) is 0 Å². The third-order valence-corrected chi connectivity index (χ3v) is 16.3. The van der Waals surface area contributed by atoms with Crippen LogP contribution >= 0.6 is 0 Å². The summed E-state index contributed by atoms with van der Waals surface area (Å²) in [5, 5.41) is 22.4. The lowest BCUT2D eigenvalue weighted by Gasteiger charge is -2.52. The number of esters is 4. The van der Waals surface area contributed by atoms with Gasteiger partial charge in [-0.05, 0) is 159 Å². The molecule has 318 valence electrons. The molecule has 6 aliphatic rings. The van der Waals surface area contributed by atoms with E-state index in [2.05, 4.69) is 37.8 Å². The fraction of sp³-hybridized carbons (Fsp3) is 0.600. The molecule has 10 nitrogen and oxygen atoms in total. The number of rotatable bonds is 11. The first-order valence-electron chi connectivity index (χ1n) is 22.1. The Kier molecular flexibility index (Phi) is 11.4. The number of carbonyl (C=O) groups is 4. The smallest absolute Gasteiger partial charge is 0.311 e. The number of aliphatic hydroxyl groups is 2. The molecule has 2 aromatic carbocycles. The summed E-state index contributed by atoms with van der Waals surface area (Å²) in [4.78, 5) is 49.8. The molecule has 0 radical (unpaired) electrons. The lowest BCUT2D eigenvalue weighted by molar-refractivity contribution is -0.153. The van der Waals surface area contributed by atoms with Crippen molar-refractivity contribution in [1.82, 2.24) is 0 Å². The minimum atomic E-state index is -1.04. The van der Waals surface area contributed by atoms with Gasteiger partial charge in [0, 0.05) is 10.8 Å². The van der Waals surface area contributed by atoms with E-state index in [1.54, 1.807) is 0 Å². The van der Waals surface area contributed by atoms with Crippen molar-refractivity contribution in [1.29, 1.82) is 0 Å². The molecule has 60 heavy (non-hydrogen) atoms. The molecule has 2 N–H and O–H groups in total. The highest BCUT2D eigenvalue weighted by molar-refractivity contribution is 5.80. The first kappa shape index (κ1) is 42.1. The van der Waals surface area contributed by atoms with Crippen LogP contribution in [0.4, 0.5) is 0 Å². The molecule has 10 unspecified atom stereocenters. The quantitative estimate of drug-likeness (QED) is 0.103. The van der Waals surface area contributed by atoms with Gasteiger partial charge < -0.3 is 29.2 Å². The second-order valence-corrected chi connectivity index (χ2v) is 18.9. The Morgan fingerprint density at radius 3 is 1.40 bits per heavy atom. The zero-order valence-electron chi connectivity index (χ0n) is 35.0. The van der Waals surface area contributed by atoms with E-state index >= 15 is 0 Å². The number of carbonyl (C=O) groups excluding carboxylic acids is 4. The SMILES string of the molecule is C#CC1(O)CCC2C3CCc4cc(OC(=O)CCC(=O)OCCOC(=O)CCC(=O)Oc5ccc6c(c5)CCC5C6CCC6(C)C5CCC6(O)C#C)ccc4C3CCC21C. The summed E-state index contributed by atoms with van der Waals surface area (Å²) in [5.41, 5.74) is 2.34. The lowest BCUT2D eigenvalue weighted by atomic mass is 9.53. The molecule has 0 amide bonds. The Hall–Kier alpha value is -4.64. The second-order valence-electron chi connectivity index (χ2n) is 18.9. The van der Waals surface area contributed by atoms with Crippen LogP contribution < -0.4 is 9.47 Å². The molecular weight excluding hydrogens is 761 g/mol. The van der Waals surface area contributed by atoms with Crippen molar-refractivity contribution in [2.24, 2.45) is 34.5 Å². The predicted molar refractivity (Wildman–Crippen MR) is 221 cm³/mol. The fourth-order valence-corrected chi connectivity index (χ4v) is 13.0. The van der Waals surface area contributed by atoms with Gasteiger partial charge in [-0.2, -0.15) is 0 Å². The summed E-state index contributed by atoms with van der Waals surface area (Å²) in [6.07, 6.45) is 21.5. The van der Waals surface area contributed by atoms with Crippen LogP contribution in [0.25, 0.3) is 0 Å². The van der Waals surface area contributed by atoms with Gasteiger partial charge in [-0.1, -0.05) is 37.8 Å². The standard InChI is InChI=1S/C50H58O10/c1-5-49(55)25-21-41-39-11-7-31-29-33(9-13-35(31)37(39)19-23-47(41,49)3)59-45(53)17-15-43(51)57-27-28-58-44(52)16-18-46(54)60-34-10-14-36-32(30-34)8-12-40-38(36)20-24-48(4)42(40)22-26-50(48,56)6-2/h1-2,9-10,13-14,29-30,37-42,55-56H,7-8,11-12,15-28H2,3-4H3. The zero-order chi connectivity index (χ0) is 42.5. The highest BCUT2D eigenvalue weighted by atomic mass is 16.6. The zero-order valence-corrected chi connectivity index (χ0v) is 35.0. The van der Waals surface area contributed by atoms with Crippen LogP contribution in [0.1, 0.15) is 138 Å². The third-order valence-electron chi connectivity index (χ3n) is 16.3. The van der Waals surface area contributed by atoms with Crippen LogP contribution in [0.3, 0.4) is 0 Å². The molecule has 2 aromatic rings. The Morgan fingerprint density at radius 2 is 1.00 bits per heavy atom. The average Bonchev–Trinajstić information content (AvgIpc) is 3.68. The summed E-state index contributed by atoms with van der Waals surface area (Å²) in [6, 6.07) is 11.6. The van der Waals surface area contributed by atoms with E-state index in [1.165, 1.54) is 22.3 Å². The minimum absolute atomic E-state index is 0.162. The van der Waals surface area contributed by atoms with E-state index in [0.29, 0.717) is 59.8 Å². The van der Waals surface area contributed by atoms with Crippen molar-refractivity contribution in [2.75, 3.05) is 13.2 Å². The molecule has 0 saturated heterocycles. The van der Waals surface area contributed by atoms with E-state index in [0.717, 1.165) is 64.2 Å². The van der Waals surface area contributed by atoms with Crippen molar-refractivity contribution >= 4 is 23.9 Å². The molecule has 4 saturated carbocycles. The molecule has 0 aliphatic heterocycles. The number of hydrogen-bond donors (Lipinski definition) is 2. The molecule has 6 aliphatic carbocycles. The number of benzene rings is 2. The monoisotopic (exact) mass is 818 g/mol. The van der Waals surface area contributed by atoms with Gasteiger partial charge in [-0.15, -0.1) is 12.8 Å². The number of terminal acetylenes is 2. The van der Waals surface area contributed by atoms with Gasteiger partial charge in [-0.3, -0.25) is 19.2 Å². The van der Waals surface area contributed by atoms with Crippen LogP contribution in [0.15, 0.2) is 36.4 Å². The Bertz CT molecular complexity index is 1980. The van der Waals surface area contributed by atoms with Crippen LogP contribution in [-0.2, 0) is 41.5 Å². The van der Waals surface area contributed by atoms with Gasteiger partial charge in [0.05, 0.1) is 25.7 Å². The summed E-state index contributed by atoms with van der Waals surface area (Å²) < 4.78 is 21.4. The molecule has 0 bridgehead atoms. The van der Waals surface area contributed by atoms with Gasteiger partial charge in [0.25, 0.3) is 0 Å². The van der Waals surface area contributed by atoms with Gasteiger partial charge in [0.15, 0.2) is 0 Å². The minimum Gasteiger partial charge on any atom is -0.462 e. The van der Waals surface area contributed by atoms with Crippen LogP contribution in [0, 0.1) is 59.2 Å². The highest BCUT2D eigenvalue weighted by Crippen LogP contribution is 2.65. The van der Waals surface area contributed by atoms with Crippen molar-refractivity contribution in [3.05, 3.63) is 58.7 Å². The van der Waals surface area contributed by atoms with E-state index < -0.39 is 35.1 Å². The molecule has 4 fully saturated rings. The van der Waals surface area contributed by atoms with Crippen LogP contribution in [-0.4, -0.2) is 58.5 Å². The van der Waals surface area contributed by atoms with Crippen molar-refractivity contribution < 1.29 is 48.3 Å². The van der Waals surface area contributed by atoms with Crippen LogP contribution in [0.2, 0.25) is 0 Å². The maximum Gasteiger partial charge on any atom is 0.311 e. The van der Waals surface area contributed by atoms with E-state index in [1.807, 2.05) is 24.3 Å². The maximum absolute atomic E-state index is 12.6. The number of ether oxygens (including phenoxy) is 4. The number of aryl methyl sites for hydroxylation is 2. The molecular formula is C50H58O10. The molecule has 0 aromatic heterocycles. The summed E-state index contributed by atoms with van der Waals surface area (Å²) in [5.74, 6) is 6.51. The Labute approximate surface area is 353 Å². The predicted octanol–water partition coefficient (Wildman–Crippen LogP) is 7.29. The third kappa shape index (κ3) is 7.43. The fourth-order valence-electron chi connectivity index (χ4n) is 13.0. The highest BCUT2D eigenvalue weighted by Gasteiger charge is 2.62. The largest absolute Gasteiger partial charge is 0.462 e. The van der Waals surface area contributed by atoms with E-state index in [-0.39, 0.29) is 49.7 Å². The van der Waals surface area contributed by atoms with Gasteiger partial charge in [0.2, 0.25) is 0 Å². The van der Waals surface area contributed by atoms with Crippen molar-refractivity contribution in [3.8, 4) is 36.2 Å². The topological polar surface area (TPSA) is 146 Å². The lowest BCUT2D eigenvalue weighted by Crippen LogP contribution is -2.50. The Balaban J connectivity index is 0.712. The number of fused-ring (bicyclic) bond motifs is 10. The van der Waals surface area contributed by atoms with E-state index in [4.69, 9.17) is 31.8 Å². The first-order valence-corrected chi connectivity index (χ1v) is 22.1. The van der Waals surface area contributed by atoms with E-state index in [9.17, 15) is 29.4 Å². The summed E-state index contributed by atoms with van der Waals surface area (Å²) in [7, 11) is 0. The molecule has 0 spiro atoms. The number of hydrogen-bond acceptors (Lipinski definition) is 10. The summed E-state index contributed by atoms with van der Waals surface area (Å²) in [6.45, 7) is 3.98. The second kappa shape index (κ2) is 16.3. The van der Waals surface area contributed by atoms with Gasteiger partial charge >= 0.3 is 23.9 Å². The maximum atomic E-state index is 12.6. The average molecular weight is 819 g/mol. The van der Waals surface area contributed by atoms with Crippen molar-refractivity contribution in [2.45, 2.75) is 140 Å². The molecule has 0 heterocycles. The van der Waals surface area contributed by atoms with Gasteiger partial charge in [0.1, 0.15) is 35.9 Å². The normalized spacial score (nSPS) is 34.4. The molecule has 8 rings (SSSR count).